The SMILES string of the molecule is CC1c2cnc(-c3ccccn3)nc2CCN1C1=CC=CC(F)(NCC(F)F)N1. The molecule has 2 aromatic rings. The molecule has 0 aliphatic carbocycles. The van der Waals surface area contributed by atoms with E-state index >= 15 is 0 Å². The second-order valence-electron chi connectivity index (χ2n) is 6.95. The van der Waals surface area contributed by atoms with Crippen molar-refractivity contribution in [1.29, 1.82) is 0 Å². The Morgan fingerprint density at radius 1 is 1.34 bits per heavy atom. The molecule has 2 aliphatic heterocycles. The fourth-order valence-electron chi connectivity index (χ4n) is 3.55. The number of aromatic nitrogens is 3. The van der Waals surface area contributed by atoms with Gasteiger partial charge in [0.15, 0.2) is 5.82 Å². The van der Waals surface area contributed by atoms with Crippen LogP contribution in [-0.4, -0.2) is 45.3 Å². The van der Waals surface area contributed by atoms with Gasteiger partial charge in [-0.15, -0.1) is 0 Å². The molecule has 152 valence electrons. The molecule has 0 amide bonds. The highest BCUT2D eigenvalue weighted by Gasteiger charge is 2.34. The summed E-state index contributed by atoms with van der Waals surface area (Å²) in [5.74, 6) is -1.13. The summed E-state index contributed by atoms with van der Waals surface area (Å²) in [5.41, 5.74) is 2.58. The van der Waals surface area contributed by atoms with Gasteiger partial charge in [-0.1, -0.05) is 12.1 Å². The number of dihydropyridines is 1. The highest BCUT2D eigenvalue weighted by Crippen LogP contribution is 2.32. The van der Waals surface area contributed by atoms with Gasteiger partial charge in [-0.3, -0.25) is 10.3 Å². The van der Waals surface area contributed by atoms with Crippen LogP contribution in [0.15, 0.2) is 54.6 Å². The minimum Gasteiger partial charge on any atom is -0.351 e. The van der Waals surface area contributed by atoms with Crippen molar-refractivity contribution in [2.45, 2.75) is 31.7 Å². The van der Waals surface area contributed by atoms with Gasteiger partial charge >= 0.3 is 0 Å². The van der Waals surface area contributed by atoms with Gasteiger partial charge in [0.1, 0.15) is 11.5 Å². The summed E-state index contributed by atoms with van der Waals surface area (Å²) in [6, 6.07) is 5.47. The van der Waals surface area contributed by atoms with E-state index in [0.717, 1.165) is 11.3 Å². The molecule has 0 spiro atoms. The summed E-state index contributed by atoms with van der Waals surface area (Å²) in [4.78, 5) is 15.4. The third kappa shape index (κ3) is 4.09. The topological polar surface area (TPSA) is 66.0 Å². The summed E-state index contributed by atoms with van der Waals surface area (Å²) in [5, 5.41) is 4.90. The van der Waals surface area contributed by atoms with Gasteiger partial charge in [0.05, 0.1) is 18.3 Å². The van der Waals surface area contributed by atoms with Crippen molar-refractivity contribution >= 4 is 0 Å². The van der Waals surface area contributed by atoms with Crippen molar-refractivity contribution in [1.82, 2.24) is 30.5 Å². The molecule has 0 saturated heterocycles. The summed E-state index contributed by atoms with van der Waals surface area (Å²) in [7, 11) is 0. The first-order valence-corrected chi connectivity index (χ1v) is 9.39. The van der Waals surface area contributed by atoms with Crippen molar-refractivity contribution in [2.75, 3.05) is 13.1 Å². The van der Waals surface area contributed by atoms with Crippen LogP contribution < -0.4 is 10.6 Å². The Morgan fingerprint density at radius 3 is 2.97 bits per heavy atom. The monoisotopic (exact) mass is 402 g/mol. The minimum absolute atomic E-state index is 0.110. The molecule has 4 rings (SSSR count). The van der Waals surface area contributed by atoms with E-state index in [1.165, 1.54) is 12.2 Å². The molecule has 2 N–H and O–H groups in total. The van der Waals surface area contributed by atoms with E-state index in [-0.39, 0.29) is 6.04 Å². The van der Waals surface area contributed by atoms with Crippen LogP contribution in [0.25, 0.3) is 11.5 Å². The lowest BCUT2D eigenvalue weighted by Crippen LogP contribution is -2.56. The molecule has 4 heterocycles. The third-order valence-electron chi connectivity index (χ3n) is 5.01. The van der Waals surface area contributed by atoms with Crippen molar-refractivity contribution in [3.05, 3.63) is 65.9 Å². The fraction of sp³-hybridized carbons (Fsp3) is 0.350. The molecule has 2 aromatic heterocycles. The van der Waals surface area contributed by atoms with Gasteiger partial charge in [0.2, 0.25) is 0 Å². The van der Waals surface area contributed by atoms with Crippen LogP contribution >= 0.6 is 0 Å². The molecule has 0 saturated carbocycles. The predicted molar refractivity (Wildman–Crippen MR) is 102 cm³/mol. The Balaban J connectivity index is 1.53. The third-order valence-corrected chi connectivity index (χ3v) is 5.01. The molecule has 6 nitrogen and oxygen atoms in total. The molecule has 0 aromatic carbocycles. The van der Waals surface area contributed by atoms with Crippen LogP contribution in [0, 0.1) is 0 Å². The minimum atomic E-state index is -2.64. The van der Waals surface area contributed by atoms with Crippen LogP contribution in [0.1, 0.15) is 24.2 Å². The molecule has 2 aliphatic rings. The second-order valence-corrected chi connectivity index (χ2v) is 6.95. The standard InChI is InChI=1S/C20H21F3N6/c1-13-14-11-25-19(16-5-2-3-9-24-16)27-15(14)7-10-29(13)18-6-4-8-20(23,28-18)26-12-17(21)22/h2-6,8-9,11,13,17,26,28H,7,10,12H2,1H3. The first-order chi connectivity index (χ1) is 14.0. The lowest BCUT2D eigenvalue weighted by molar-refractivity contribution is 0.0722. The van der Waals surface area contributed by atoms with E-state index in [1.54, 1.807) is 18.5 Å². The molecular formula is C20H21F3N6. The van der Waals surface area contributed by atoms with E-state index in [9.17, 15) is 13.2 Å². The number of allylic oxidation sites excluding steroid dienone is 2. The Morgan fingerprint density at radius 2 is 2.21 bits per heavy atom. The molecule has 2 unspecified atom stereocenters. The van der Waals surface area contributed by atoms with Gasteiger partial charge in [-0.2, -0.15) is 4.39 Å². The molecule has 2 atom stereocenters. The second kappa shape index (κ2) is 7.82. The predicted octanol–water partition coefficient (Wildman–Crippen LogP) is 2.94. The Bertz CT molecular complexity index is 933. The molecule has 0 radical (unpaired) electrons. The lowest BCUT2D eigenvalue weighted by atomic mass is 9.99. The zero-order chi connectivity index (χ0) is 20.4. The highest BCUT2D eigenvalue weighted by atomic mass is 19.3. The van der Waals surface area contributed by atoms with E-state index in [4.69, 9.17) is 0 Å². The van der Waals surface area contributed by atoms with Crippen LogP contribution in [0.2, 0.25) is 0 Å². The number of rotatable bonds is 5. The molecule has 9 heteroatoms. The van der Waals surface area contributed by atoms with Crippen LogP contribution in [0.4, 0.5) is 13.2 Å². The van der Waals surface area contributed by atoms with Crippen LogP contribution in [0.5, 0.6) is 0 Å². The maximum Gasteiger partial charge on any atom is 0.256 e. The Labute approximate surface area is 166 Å². The number of nitrogens with zero attached hydrogens (tertiary/aromatic N) is 4. The van der Waals surface area contributed by atoms with Gasteiger partial charge in [0.25, 0.3) is 12.3 Å². The largest absolute Gasteiger partial charge is 0.351 e. The number of hydrogen-bond acceptors (Lipinski definition) is 6. The Hall–Kier alpha value is -2.94. The fourth-order valence-corrected chi connectivity index (χ4v) is 3.55. The van der Waals surface area contributed by atoms with Crippen molar-refractivity contribution < 1.29 is 13.2 Å². The van der Waals surface area contributed by atoms with E-state index in [2.05, 4.69) is 25.6 Å². The molecular weight excluding hydrogens is 381 g/mol. The van der Waals surface area contributed by atoms with Gasteiger partial charge in [-0.25, -0.2) is 18.7 Å². The number of fused-ring (bicyclic) bond motifs is 1. The smallest absolute Gasteiger partial charge is 0.256 e. The number of halogens is 3. The highest BCUT2D eigenvalue weighted by molar-refractivity contribution is 5.49. The molecule has 29 heavy (non-hydrogen) atoms. The van der Waals surface area contributed by atoms with Crippen LogP contribution in [0.3, 0.4) is 0 Å². The quantitative estimate of drug-likeness (QED) is 0.750. The van der Waals surface area contributed by atoms with Gasteiger partial charge in [0, 0.05) is 30.9 Å². The maximum absolute atomic E-state index is 14.9. The van der Waals surface area contributed by atoms with Crippen molar-refractivity contribution in [2.24, 2.45) is 0 Å². The Kier molecular flexibility index (Phi) is 5.23. The molecule has 0 fully saturated rings. The average Bonchev–Trinajstić information content (AvgIpc) is 2.73. The van der Waals surface area contributed by atoms with Crippen molar-refractivity contribution in [3.63, 3.8) is 0 Å². The first kappa shape index (κ1) is 19.4. The van der Waals surface area contributed by atoms with E-state index in [0.29, 0.717) is 30.3 Å². The number of nitrogens with one attached hydrogen (secondary N) is 2. The first-order valence-electron chi connectivity index (χ1n) is 9.39. The van der Waals surface area contributed by atoms with E-state index < -0.39 is 18.9 Å². The zero-order valence-electron chi connectivity index (χ0n) is 15.8. The lowest BCUT2D eigenvalue weighted by Gasteiger charge is -2.41. The zero-order valence-corrected chi connectivity index (χ0v) is 15.8. The number of hydrogen-bond donors (Lipinski definition) is 2. The van der Waals surface area contributed by atoms with Crippen molar-refractivity contribution in [3.8, 4) is 11.5 Å². The summed E-state index contributed by atoms with van der Waals surface area (Å²) >= 11 is 0. The summed E-state index contributed by atoms with van der Waals surface area (Å²) in [6.07, 6.45) is 5.92. The van der Waals surface area contributed by atoms with Gasteiger partial charge in [-0.05, 0) is 31.2 Å². The summed E-state index contributed by atoms with van der Waals surface area (Å²) < 4.78 is 39.8. The average molecular weight is 402 g/mol. The van der Waals surface area contributed by atoms with E-state index in [1.807, 2.05) is 30.0 Å². The maximum atomic E-state index is 14.9. The number of alkyl halides is 3. The molecule has 0 bridgehead atoms. The number of pyridine rings is 1. The normalized spacial score (nSPS) is 23.6. The van der Waals surface area contributed by atoms with Gasteiger partial charge < -0.3 is 10.2 Å². The van der Waals surface area contributed by atoms with Crippen LogP contribution in [-0.2, 0) is 6.42 Å². The summed E-state index contributed by atoms with van der Waals surface area (Å²) in [6.45, 7) is 1.84.